The molecular formula is C14H13N3O5. The second-order valence-electron chi connectivity index (χ2n) is 5.03. The van der Waals surface area contributed by atoms with Gasteiger partial charge in [0.1, 0.15) is 11.9 Å². The van der Waals surface area contributed by atoms with Gasteiger partial charge in [-0.25, -0.2) is 0 Å². The molecule has 0 bridgehead atoms. The van der Waals surface area contributed by atoms with Crippen molar-refractivity contribution < 1.29 is 19.0 Å². The van der Waals surface area contributed by atoms with Gasteiger partial charge in [-0.05, 0) is 19.1 Å². The van der Waals surface area contributed by atoms with Crippen LogP contribution >= 0.6 is 0 Å². The number of hydrogen-bond acceptors (Lipinski definition) is 6. The number of amides is 1. The Balaban J connectivity index is 1.53. The van der Waals surface area contributed by atoms with Gasteiger partial charge in [0.2, 0.25) is 5.76 Å². The Kier molecular flexibility index (Phi) is 3.50. The van der Waals surface area contributed by atoms with E-state index in [1.165, 1.54) is 12.1 Å². The van der Waals surface area contributed by atoms with Crippen molar-refractivity contribution >= 4 is 11.6 Å². The summed E-state index contributed by atoms with van der Waals surface area (Å²) in [5, 5.41) is 14.2. The number of aryl methyl sites for hydroxylation is 1. The molecule has 1 aromatic carbocycles. The molecule has 22 heavy (non-hydrogen) atoms. The van der Waals surface area contributed by atoms with Gasteiger partial charge >= 0.3 is 0 Å². The molecule has 0 atom stereocenters. The van der Waals surface area contributed by atoms with Crippen molar-refractivity contribution in [1.29, 1.82) is 0 Å². The van der Waals surface area contributed by atoms with Crippen molar-refractivity contribution in [3.05, 3.63) is 51.9 Å². The summed E-state index contributed by atoms with van der Waals surface area (Å²) in [6.07, 6.45) is -0.130. The Bertz CT molecular complexity index is 704. The molecule has 1 aromatic heterocycles. The minimum absolute atomic E-state index is 0.0125. The predicted molar refractivity (Wildman–Crippen MR) is 74.7 cm³/mol. The summed E-state index contributed by atoms with van der Waals surface area (Å²) in [6.45, 7) is 2.63. The van der Waals surface area contributed by atoms with E-state index in [2.05, 4.69) is 5.16 Å². The lowest BCUT2D eigenvalue weighted by Gasteiger charge is -2.38. The van der Waals surface area contributed by atoms with Crippen molar-refractivity contribution in [2.45, 2.75) is 13.0 Å². The maximum atomic E-state index is 12.0. The molecule has 0 aliphatic carbocycles. The molecule has 0 unspecified atom stereocenters. The van der Waals surface area contributed by atoms with E-state index in [0.29, 0.717) is 24.5 Å². The standard InChI is InChI=1S/C14H13N3O5/c1-9-6-13(22-15-9)14(18)16-7-12(8-16)21-11-4-2-10(3-5-11)17(19)20/h2-6,12H,7-8H2,1H3. The van der Waals surface area contributed by atoms with Crippen LogP contribution in [0.25, 0.3) is 0 Å². The van der Waals surface area contributed by atoms with Crippen LogP contribution in [0.15, 0.2) is 34.9 Å². The maximum absolute atomic E-state index is 12.0. The lowest BCUT2D eigenvalue weighted by molar-refractivity contribution is -0.384. The van der Waals surface area contributed by atoms with Crippen LogP contribution in [-0.4, -0.2) is 40.1 Å². The van der Waals surface area contributed by atoms with E-state index in [-0.39, 0.29) is 23.5 Å². The molecule has 2 aromatic rings. The van der Waals surface area contributed by atoms with Crippen molar-refractivity contribution in [2.75, 3.05) is 13.1 Å². The van der Waals surface area contributed by atoms with Gasteiger partial charge in [0.25, 0.3) is 11.6 Å². The Labute approximate surface area is 125 Å². The molecule has 1 saturated heterocycles. The second-order valence-corrected chi connectivity index (χ2v) is 5.03. The zero-order chi connectivity index (χ0) is 15.7. The molecule has 1 amide bonds. The Morgan fingerprint density at radius 2 is 2.09 bits per heavy atom. The molecule has 114 valence electrons. The molecule has 3 rings (SSSR count). The van der Waals surface area contributed by atoms with Crippen molar-refractivity contribution in [2.24, 2.45) is 0 Å². The third-order valence-corrected chi connectivity index (χ3v) is 3.32. The highest BCUT2D eigenvalue weighted by Crippen LogP contribution is 2.22. The van der Waals surface area contributed by atoms with Crippen molar-refractivity contribution in [3.8, 4) is 5.75 Å². The monoisotopic (exact) mass is 303 g/mol. The lowest BCUT2D eigenvalue weighted by Crippen LogP contribution is -2.56. The van der Waals surface area contributed by atoms with E-state index in [0.717, 1.165) is 0 Å². The van der Waals surface area contributed by atoms with E-state index in [1.807, 2.05) is 0 Å². The molecule has 0 saturated carbocycles. The van der Waals surface area contributed by atoms with Crippen LogP contribution in [0.4, 0.5) is 5.69 Å². The van der Waals surface area contributed by atoms with Gasteiger partial charge in [-0.1, -0.05) is 5.16 Å². The van der Waals surface area contributed by atoms with Crippen LogP contribution in [0, 0.1) is 17.0 Å². The minimum Gasteiger partial charge on any atom is -0.487 e. The first-order valence-corrected chi connectivity index (χ1v) is 6.66. The largest absolute Gasteiger partial charge is 0.487 e. The summed E-state index contributed by atoms with van der Waals surface area (Å²) in [5.74, 6) is 0.536. The van der Waals surface area contributed by atoms with Crippen molar-refractivity contribution in [3.63, 3.8) is 0 Å². The average molecular weight is 303 g/mol. The number of aromatic nitrogens is 1. The van der Waals surface area contributed by atoms with E-state index in [1.54, 1.807) is 30.0 Å². The van der Waals surface area contributed by atoms with Crippen LogP contribution in [0.2, 0.25) is 0 Å². The normalized spacial score (nSPS) is 14.5. The molecule has 8 nitrogen and oxygen atoms in total. The summed E-state index contributed by atoms with van der Waals surface area (Å²) in [4.78, 5) is 23.7. The van der Waals surface area contributed by atoms with Crippen molar-refractivity contribution in [1.82, 2.24) is 10.1 Å². The summed E-state index contributed by atoms with van der Waals surface area (Å²) in [6, 6.07) is 7.44. The number of nitro groups is 1. The van der Waals surface area contributed by atoms with Gasteiger partial charge in [-0.15, -0.1) is 0 Å². The van der Waals surface area contributed by atoms with Gasteiger partial charge in [-0.3, -0.25) is 14.9 Å². The van der Waals surface area contributed by atoms with E-state index >= 15 is 0 Å². The molecule has 8 heteroatoms. The van der Waals surface area contributed by atoms with Gasteiger partial charge in [0.05, 0.1) is 23.7 Å². The fourth-order valence-corrected chi connectivity index (χ4v) is 2.14. The number of nitro benzene ring substituents is 1. The molecule has 0 spiro atoms. The van der Waals surface area contributed by atoms with Crippen LogP contribution in [0.3, 0.4) is 0 Å². The quantitative estimate of drug-likeness (QED) is 0.630. The number of hydrogen-bond donors (Lipinski definition) is 0. The second kappa shape index (κ2) is 5.47. The first-order chi connectivity index (χ1) is 10.5. The Morgan fingerprint density at radius 1 is 1.41 bits per heavy atom. The zero-order valence-electron chi connectivity index (χ0n) is 11.8. The first kappa shape index (κ1) is 14.1. The SMILES string of the molecule is Cc1cc(C(=O)N2CC(Oc3ccc([N+](=O)[O-])cc3)C2)on1. The number of nitrogens with zero attached hydrogens (tertiary/aromatic N) is 3. The molecule has 2 heterocycles. The van der Waals surface area contributed by atoms with E-state index in [9.17, 15) is 14.9 Å². The van der Waals surface area contributed by atoms with Gasteiger partial charge < -0.3 is 14.2 Å². The predicted octanol–water partition coefficient (Wildman–Crippen LogP) is 1.79. The molecular weight excluding hydrogens is 290 g/mol. The fraction of sp³-hybridized carbons (Fsp3) is 0.286. The van der Waals surface area contributed by atoms with Gasteiger partial charge in [0, 0.05) is 18.2 Å². The Hall–Kier alpha value is -2.90. The molecule has 1 aliphatic rings. The number of benzene rings is 1. The van der Waals surface area contributed by atoms with Crippen LogP contribution in [0.5, 0.6) is 5.75 Å². The smallest absolute Gasteiger partial charge is 0.292 e. The number of carbonyl (C=O) groups excluding carboxylic acids is 1. The van der Waals surface area contributed by atoms with Crippen LogP contribution < -0.4 is 4.74 Å². The lowest BCUT2D eigenvalue weighted by atomic mass is 10.1. The summed E-state index contributed by atoms with van der Waals surface area (Å²) in [5.41, 5.74) is 0.668. The third-order valence-electron chi connectivity index (χ3n) is 3.32. The molecule has 1 aliphatic heterocycles. The molecule has 1 fully saturated rings. The number of ether oxygens (including phenoxy) is 1. The van der Waals surface area contributed by atoms with E-state index in [4.69, 9.17) is 9.26 Å². The summed E-state index contributed by atoms with van der Waals surface area (Å²) < 4.78 is 10.6. The first-order valence-electron chi connectivity index (χ1n) is 6.66. The highest BCUT2D eigenvalue weighted by Gasteiger charge is 2.34. The van der Waals surface area contributed by atoms with Gasteiger partial charge in [0.15, 0.2) is 0 Å². The number of rotatable bonds is 4. The van der Waals surface area contributed by atoms with Crippen LogP contribution in [-0.2, 0) is 0 Å². The maximum Gasteiger partial charge on any atom is 0.292 e. The van der Waals surface area contributed by atoms with E-state index < -0.39 is 4.92 Å². The Morgan fingerprint density at radius 3 is 2.64 bits per heavy atom. The highest BCUT2D eigenvalue weighted by molar-refractivity contribution is 5.92. The van der Waals surface area contributed by atoms with Crippen LogP contribution in [0.1, 0.15) is 16.2 Å². The third kappa shape index (κ3) is 2.76. The number of likely N-dealkylation sites (tertiary alicyclic amines) is 1. The molecule has 0 radical (unpaired) electrons. The topological polar surface area (TPSA) is 98.7 Å². The van der Waals surface area contributed by atoms with Gasteiger partial charge in [-0.2, -0.15) is 0 Å². The molecule has 0 N–H and O–H groups in total. The highest BCUT2D eigenvalue weighted by atomic mass is 16.6. The summed E-state index contributed by atoms with van der Waals surface area (Å²) >= 11 is 0. The zero-order valence-corrected chi connectivity index (χ0v) is 11.8. The average Bonchev–Trinajstić information content (AvgIpc) is 2.89. The minimum atomic E-state index is -0.465. The summed E-state index contributed by atoms with van der Waals surface area (Å²) in [7, 11) is 0. The fourth-order valence-electron chi connectivity index (χ4n) is 2.14. The number of carbonyl (C=O) groups is 1. The number of non-ortho nitro benzene ring substituents is 1.